The zero-order chi connectivity index (χ0) is 15.6. The van der Waals surface area contributed by atoms with Crippen LogP contribution in [0.25, 0.3) is 0 Å². The van der Waals surface area contributed by atoms with Gasteiger partial charge in [0.15, 0.2) is 0 Å². The Labute approximate surface area is 128 Å². The van der Waals surface area contributed by atoms with Crippen molar-refractivity contribution in [3.05, 3.63) is 23.3 Å². The fourth-order valence-electron chi connectivity index (χ4n) is 3.06. The molecule has 5 heteroatoms. The fourth-order valence-corrected chi connectivity index (χ4v) is 4.79. The molecule has 0 radical (unpaired) electrons. The molecule has 0 aliphatic heterocycles. The van der Waals surface area contributed by atoms with Gasteiger partial charge in [0, 0.05) is 11.7 Å². The molecule has 2 atom stereocenters. The van der Waals surface area contributed by atoms with Gasteiger partial charge in [0.1, 0.15) is 0 Å². The minimum absolute atomic E-state index is 0.0265. The number of anilines is 1. The maximum atomic E-state index is 12.7. The third-order valence-corrected chi connectivity index (χ3v) is 6.22. The van der Waals surface area contributed by atoms with E-state index in [1.165, 1.54) is 12.8 Å². The number of sulfonamides is 1. The average Bonchev–Trinajstić information content (AvgIpc) is 2.59. The molecule has 1 aliphatic rings. The van der Waals surface area contributed by atoms with Crippen molar-refractivity contribution >= 4 is 15.7 Å². The van der Waals surface area contributed by atoms with Crippen LogP contribution in [0.1, 0.15) is 50.2 Å². The van der Waals surface area contributed by atoms with Crippen LogP contribution in [0.3, 0.4) is 0 Å². The van der Waals surface area contributed by atoms with Crippen molar-refractivity contribution in [1.29, 1.82) is 0 Å². The van der Waals surface area contributed by atoms with Crippen LogP contribution in [-0.4, -0.2) is 14.5 Å². The van der Waals surface area contributed by atoms with E-state index in [4.69, 9.17) is 5.73 Å². The molecular weight excluding hydrogens is 284 g/mol. The molecule has 0 amide bonds. The maximum absolute atomic E-state index is 12.7. The van der Waals surface area contributed by atoms with Crippen LogP contribution in [0.5, 0.6) is 0 Å². The van der Waals surface area contributed by atoms with E-state index in [-0.39, 0.29) is 6.04 Å². The lowest BCUT2D eigenvalue weighted by Crippen LogP contribution is -2.39. The second-order valence-electron chi connectivity index (χ2n) is 6.30. The minimum Gasteiger partial charge on any atom is -0.399 e. The first-order chi connectivity index (χ1) is 9.81. The van der Waals surface area contributed by atoms with E-state index in [2.05, 4.69) is 11.6 Å². The summed E-state index contributed by atoms with van der Waals surface area (Å²) >= 11 is 0. The highest BCUT2D eigenvalue weighted by Gasteiger charge is 2.27. The van der Waals surface area contributed by atoms with Crippen molar-refractivity contribution in [2.24, 2.45) is 5.92 Å². The molecule has 1 saturated carbocycles. The first-order valence-corrected chi connectivity index (χ1v) is 9.18. The standard InChI is InChI=1S/C16H26N2O2S/c1-11-7-5-4-6-8-15(11)18-21(19,20)16-10-14(17)9-12(2)13(16)3/h9-11,15,18H,4-8,17H2,1-3H3. The first-order valence-electron chi connectivity index (χ1n) is 7.70. The molecule has 2 rings (SSSR count). The fraction of sp³-hybridized carbons (Fsp3) is 0.625. The van der Waals surface area contributed by atoms with Crippen LogP contribution in [0.15, 0.2) is 17.0 Å². The van der Waals surface area contributed by atoms with Gasteiger partial charge in [0.05, 0.1) is 4.90 Å². The molecule has 0 saturated heterocycles. The Hall–Kier alpha value is -1.07. The molecule has 1 aromatic rings. The molecule has 2 unspecified atom stereocenters. The largest absolute Gasteiger partial charge is 0.399 e. The predicted molar refractivity (Wildman–Crippen MR) is 86.7 cm³/mol. The molecule has 3 N–H and O–H groups in total. The molecular formula is C16H26N2O2S. The van der Waals surface area contributed by atoms with Crippen LogP contribution in [0.4, 0.5) is 5.69 Å². The summed E-state index contributed by atoms with van der Waals surface area (Å²) in [6.07, 6.45) is 5.48. The summed E-state index contributed by atoms with van der Waals surface area (Å²) in [6, 6.07) is 3.40. The van der Waals surface area contributed by atoms with Crippen molar-refractivity contribution < 1.29 is 8.42 Å². The number of aryl methyl sites for hydroxylation is 1. The number of benzene rings is 1. The lowest BCUT2D eigenvalue weighted by Gasteiger charge is -2.23. The monoisotopic (exact) mass is 310 g/mol. The lowest BCUT2D eigenvalue weighted by atomic mass is 9.98. The SMILES string of the molecule is Cc1cc(N)cc(S(=O)(=O)NC2CCCCCC2C)c1C. The molecule has 0 heterocycles. The van der Waals surface area contributed by atoms with Crippen LogP contribution in [-0.2, 0) is 10.0 Å². The number of hydrogen-bond acceptors (Lipinski definition) is 3. The van der Waals surface area contributed by atoms with Crippen LogP contribution in [0, 0.1) is 19.8 Å². The Balaban J connectivity index is 2.30. The van der Waals surface area contributed by atoms with E-state index in [0.717, 1.165) is 30.4 Å². The third-order valence-electron chi connectivity index (χ3n) is 4.60. The van der Waals surface area contributed by atoms with Crippen molar-refractivity contribution in [3.8, 4) is 0 Å². The van der Waals surface area contributed by atoms with Gasteiger partial charge in [-0.05, 0) is 55.9 Å². The van der Waals surface area contributed by atoms with Gasteiger partial charge in [-0.25, -0.2) is 13.1 Å². The molecule has 0 aromatic heterocycles. The first kappa shape index (κ1) is 16.3. The molecule has 0 bridgehead atoms. The minimum atomic E-state index is -3.51. The van der Waals surface area contributed by atoms with Gasteiger partial charge in [-0.2, -0.15) is 0 Å². The topological polar surface area (TPSA) is 72.2 Å². The molecule has 1 aliphatic carbocycles. The van der Waals surface area contributed by atoms with E-state index in [0.29, 0.717) is 16.5 Å². The summed E-state index contributed by atoms with van der Waals surface area (Å²) in [5.74, 6) is 0.379. The van der Waals surface area contributed by atoms with Crippen molar-refractivity contribution in [2.45, 2.75) is 63.8 Å². The van der Waals surface area contributed by atoms with E-state index >= 15 is 0 Å². The van der Waals surface area contributed by atoms with Crippen LogP contribution < -0.4 is 10.5 Å². The third kappa shape index (κ3) is 3.77. The summed E-state index contributed by atoms with van der Waals surface area (Å²) in [4.78, 5) is 0.316. The molecule has 1 fully saturated rings. The van der Waals surface area contributed by atoms with E-state index in [1.807, 2.05) is 19.9 Å². The highest BCUT2D eigenvalue weighted by molar-refractivity contribution is 7.89. The second-order valence-corrected chi connectivity index (χ2v) is 7.99. The normalized spacial score (nSPS) is 23.8. The molecule has 1 aromatic carbocycles. The number of nitrogen functional groups attached to an aromatic ring is 1. The molecule has 21 heavy (non-hydrogen) atoms. The Bertz CT molecular complexity index is 611. The Morgan fingerprint density at radius 2 is 1.81 bits per heavy atom. The average molecular weight is 310 g/mol. The van der Waals surface area contributed by atoms with Crippen LogP contribution >= 0.6 is 0 Å². The molecule has 0 spiro atoms. The quantitative estimate of drug-likeness (QED) is 0.665. The summed E-state index contributed by atoms with van der Waals surface area (Å²) in [5, 5.41) is 0. The number of nitrogens with one attached hydrogen (secondary N) is 1. The Kier molecular flexibility index (Phi) is 4.94. The van der Waals surface area contributed by atoms with Crippen molar-refractivity contribution in [1.82, 2.24) is 4.72 Å². The number of rotatable bonds is 3. The molecule has 4 nitrogen and oxygen atoms in total. The van der Waals surface area contributed by atoms with E-state index in [9.17, 15) is 8.42 Å². The van der Waals surface area contributed by atoms with Gasteiger partial charge < -0.3 is 5.73 Å². The lowest BCUT2D eigenvalue weighted by molar-refractivity contribution is 0.399. The number of hydrogen-bond donors (Lipinski definition) is 2. The van der Waals surface area contributed by atoms with Gasteiger partial charge in [-0.1, -0.05) is 26.2 Å². The predicted octanol–water partition coefficient (Wildman–Crippen LogP) is 3.13. The second kappa shape index (κ2) is 6.36. The van der Waals surface area contributed by atoms with Crippen LogP contribution in [0.2, 0.25) is 0 Å². The van der Waals surface area contributed by atoms with Gasteiger partial charge in [0.2, 0.25) is 10.0 Å². The highest BCUT2D eigenvalue weighted by Crippen LogP contribution is 2.27. The van der Waals surface area contributed by atoms with Gasteiger partial charge >= 0.3 is 0 Å². The summed E-state index contributed by atoms with van der Waals surface area (Å²) < 4.78 is 28.3. The zero-order valence-electron chi connectivity index (χ0n) is 13.1. The highest BCUT2D eigenvalue weighted by atomic mass is 32.2. The molecule has 118 valence electrons. The van der Waals surface area contributed by atoms with Gasteiger partial charge in [-0.15, -0.1) is 0 Å². The van der Waals surface area contributed by atoms with E-state index < -0.39 is 10.0 Å². The van der Waals surface area contributed by atoms with Crippen molar-refractivity contribution in [3.63, 3.8) is 0 Å². The van der Waals surface area contributed by atoms with E-state index in [1.54, 1.807) is 6.07 Å². The van der Waals surface area contributed by atoms with Gasteiger partial charge in [-0.3, -0.25) is 0 Å². The Morgan fingerprint density at radius 1 is 1.14 bits per heavy atom. The zero-order valence-corrected chi connectivity index (χ0v) is 14.0. The summed E-state index contributed by atoms with van der Waals surface area (Å²) in [6.45, 7) is 5.86. The maximum Gasteiger partial charge on any atom is 0.241 e. The Morgan fingerprint density at radius 3 is 2.52 bits per heavy atom. The summed E-state index contributed by atoms with van der Waals surface area (Å²) in [5.41, 5.74) is 7.99. The smallest absolute Gasteiger partial charge is 0.241 e. The van der Waals surface area contributed by atoms with Gasteiger partial charge in [0.25, 0.3) is 0 Å². The number of nitrogens with two attached hydrogens (primary N) is 1. The summed E-state index contributed by atoms with van der Waals surface area (Å²) in [7, 11) is -3.51. The van der Waals surface area contributed by atoms with Crippen molar-refractivity contribution in [2.75, 3.05) is 5.73 Å².